The van der Waals surface area contributed by atoms with Gasteiger partial charge in [-0.2, -0.15) is 0 Å². The first-order valence-corrected chi connectivity index (χ1v) is 3.74. The summed E-state index contributed by atoms with van der Waals surface area (Å²) in [5, 5.41) is 0.920. The van der Waals surface area contributed by atoms with E-state index in [-0.39, 0.29) is 0 Å². The van der Waals surface area contributed by atoms with Crippen LogP contribution in [-0.4, -0.2) is 9.97 Å². The molecule has 0 aliphatic carbocycles. The molecule has 2 aromatic rings. The van der Waals surface area contributed by atoms with Crippen molar-refractivity contribution in [3.63, 3.8) is 0 Å². The monoisotopic (exact) mass is 159 g/mol. The SMILES string of the molecule is Cc1cc(N)c2cnccc2n1. The fourth-order valence-corrected chi connectivity index (χ4v) is 1.23. The fraction of sp³-hybridized carbons (Fsp3) is 0.111. The van der Waals surface area contributed by atoms with E-state index in [1.807, 2.05) is 19.1 Å². The van der Waals surface area contributed by atoms with E-state index in [0.717, 1.165) is 22.3 Å². The number of fused-ring (bicyclic) bond motifs is 1. The van der Waals surface area contributed by atoms with E-state index in [1.165, 1.54) is 0 Å². The third-order valence-electron chi connectivity index (χ3n) is 1.77. The van der Waals surface area contributed by atoms with Crippen LogP contribution in [0.2, 0.25) is 0 Å². The number of rotatable bonds is 0. The molecular weight excluding hydrogens is 150 g/mol. The smallest absolute Gasteiger partial charge is 0.0756 e. The highest BCUT2D eigenvalue weighted by molar-refractivity contribution is 5.89. The molecule has 0 spiro atoms. The van der Waals surface area contributed by atoms with Crippen molar-refractivity contribution in [1.29, 1.82) is 0 Å². The minimum atomic E-state index is 0.741. The Morgan fingerprint density at radius 3 is 3.08 bits per heavy atom. The van der Waals surface area contributed by atoms with Gasteiger partial charge in [0.05, 0.1) is 5.52 Å². The Hall–Kier alpha value is -1.64. The van der Waals surface area contributed by atoms with Gasteiger partial charge in [0.2, 0.25) is 0 Å². The summed E-state index contributed by atoms with van der Waals surface area (Å²) in [4.78, 5) is 8.30. The Labute approximate surface area is 70.3 Å². The zero-order valence-corrected chi connectivity index (χ0v) is 6.78. The van der Waals surface area contributed by atoms with Crippen molar-refractivity contribution in [2.24, 2.45) is 0 Å². The average molecular weight is 159 g/mol. The molecule has 0 radical (unpaired) electrons. The largest absolute Gasteiger partial charge is 0.398 e. The molecule has 0 unspecified atom stereocenters. The standard InChI is InChI=1S/C9H9N3/c1-6-4-8(10)7-5-11-3-2-9(7)12-6/h2-5H,1H3,(H2,10,12). The lowest BCUT2D eigenvalue weighted by molar-refractivity contribution is 1.24. The maximum atomic E-state index is 5.78. The summed E-state index contributed by atoms with van der Waals surface area (Å²) < 4.78 is 0. The zero-order chi connectivity index (χ0) is 8.55. The van der Waals surface area contributed by atoms with Crippen LogP contribution in [0.3, 0.4) is 0 Å². The van der Waals surface area contributed by atoms with Gasteiger partial charge >= 0.3 is 0 Å². The van der Waals surface area contributed by atoms with E-state index in [2.05, 4.69) is 9.97 Å². The van der Waals surface area contributed by atoms with Gasteiger partial charge < -0.3 is 5.73 Å². The molecule has 0 aliphatic heterocycles. The van der Waals surface area contributed by atoms with E-state index in [4.69, 9.17) is 5.73 Å². The van der Waals surface area contributed by atoms with Crippen molar-refractivity contribution in [2.75, 3.05) is 5.73 Å². The van der Waals surface area contributed by atoms with Gasteiger partial charge in [-0.1, -0.05) is 0 Å². The average Bonchev–Trinajstić information content (AvgIpc) is 2.04. The minimum Gasteiger partial charge on any atom is -0.398 e. The van der Waals surface area contributed by atoms with E-state index >= 15 is 0 Å². The molecular formula is C9H9N3. The second-order valence-electron chi connectivity index (χ2n) is 2.75. The van der Waals surface area contributed by atoms with Gasteiger partial charge in [0.15, 0.2) is 0 Å². The highest BCUT2D eigenvalue weighted by Crippen LogP contribution is 2.18. The van der Waals surface area contributed by atoms with E-state index in [9.17, 15) is 0 Å². The van der Waals surface area contributed by atoms with Gasteiger partial charge in [0.25, 0.3) is 0 Å². The zero-order valence-electron chi connectivity index (χ0n) is 6.78. The molecule has 0 bridgehead atoms. The highest BCUT2D eigenvalue weighted by atomic mass is 14.7. The number of hydrogen-bond acceptors (Lipinski definition) is 3. The summed E-state index contributed by atoms with van der Waals surface area (Å²) in [5.74, 6) is 0. The number of aryl methyl sites for hydroxylation is 1. The van der Waals surface area contributed by atoms with Crippen LogP contribution < -0.4 is 5.73 Å². The van der Waals surface area contributed by atoms with Crippen LogP contribution in [0.5, 0.6) is 0 Å². The van der Waals surface area contributed by atoms with Crippen molar-refractivity contribution >= 4 is 16.6 Å². The first-order chi connectivity index (χ1) is 5.77. The number of anilines is 1. The van der Waals surface area contributed by atoms with Crippen LogP contribution in [0.15, 0.2) is 24.5 Å². The summed E-state index contributed by atoms with van der Waals surface area (Å²) in [5.41, 5.74) is 8.36. The summed E-state index contributed by atoms with van der Waals surface area (Å²) in [6.07, 6.45) is 3.45. The second kappa shape index (κ2) is 2.44. The van der Waals surface area contributed by atoms with Gasteiger partial charge in [0, 0.05) is 29.2 Å². The minimum absolute atomic E-state index is 0.741. The Morgan fingerprint density at radius 1 is 1.42 bits per heavy atom. The lowest BCUT2D eigenvalue weighted by Crippen LogP contribution is -1.91. The molecule has 3 heteroatoms. The molecule has 2 heterocycles. The molecule has 60 valence electrons. The summed E-state index contributed by atoms with van der Waals surface area (Å²) in [6.45, 7) is 1.93. The highest BCUT2D eigenvalue weighted by Gasteiger charge is 1.98. The first kappa shape index (κ1) is 7.03. The van der Waals surface area contributed by atoms with E-state index in [0.29, 0.717) is 0 Å². The third-order valence-corrected chi connectivity index (χ3v) is 1.77. The normalized spacial score (nSPS) is 10.4. The summed E-state index contributed by atoms with van der Waals surface area (Å²) in [6, 6.07) is 3.71. The third kappa shape index (κ3) is 0.993. The lowest BCUT2D eigenvalue weighted by Gasteiger charge is -2.01. The van der Waals surface area contributed by atoms with Crippen LogP contribution >= 0.6 is 0 Å². The predicted molar refractivity (Wildman–Crippen MR) is 48.7 cm³/mol. The quantitative estimate of drug-likeness (QED) is 0.634. The molecule has 2 rings (SSSR count). The van der Waals surface area contributed by atoms with Crippen LogP contribution in [0.1, 0.15) is 5.69 Å². The predicted octanol–water partition coefficient (Wildman–Crippen LogP) is 1.52. The number of nitrogens with two attached hydrogens (primary N) is 1. The number of hydrogen-bond donors (Lipinski definition) is 1. The Morgan fingerprint density at radius 2 is 2.25 bits per heavy atom. The number of nitrogens with zero attached hydrogens (tertiary/aromatic N) is 2. The van der Waals surface area contributed by atoms with Crippen LogP contribution in [0.4, 0.5) is 5.69 Å². The topological polar surface area (TPSA) is 51.8 Å². The molecule has 2 aromatic heterocycles. The van der Waals surface area contributed by atoms with Crippen molar-refractivity contribution < 1.29 is 0 Å². The molecule has 3 nitrogen and oxygen atoms in total. The molecule has 0 amide bonds. The molecule has 0 saturated heterocycles. The van der Waals surface area contributed by atoms with Gasteiger partial charge in [-0.05, 0) is 19.1 Å². The Kier molecular flexibility index (Phi) is 1.43. The van der Waals surface area contributed by atoms with Gasteiger partial charge in [0.1, 0.15) is 0 Å². The van der Waals surface area contributed by atoms with Crippen molar-refractivity contribution in [2.45, 2.75) is 6.92 Å². The van der Waals surface area contributed by atoms with Gasteiger partial charge in [-0.25, -0.2) is 0 Å². The number of nitrogen functional groups attached to an aromatic ring is 1. The summed E-state index contributed by atoms with van der Waals surface area (Å²) in [7, 11) is 0. The fourth-order valence-electron chi connectivity index (χ4n) is 1.23. The Balaban J connectivity index is 2.89. The van der Waals surface area contributed by atoms with Crippen LogP contribution in [-0.2, 0) is 0 Å². The molecule has 2 N–H and O–H groups in total. The van der Waals surface area contributed by atoms with Crippen LogP contribution in [0, 0.1) is 6.92 Å². The first-order valence-electron chi connectivity index (χ1n) is 3.74. The molecule has 0 aromatic carbocycles. The maximum Gasteiger partial charge on any atom is 0.0756 e. The van der Waals surface area contributed by atoms with Crippen molar-refractivity contribution in [3.05, 3.63) is 30.2 Å². The molecule has 0 fully saturated rings. The molecule has 0 saturated carbocycles. The summed E-state index contributed by atoms with van der Waals surface area (Å²) >= 11 is 0. The van der Waals surface area contributed by atoms with Gasteiger partial charge in [-0.3, -0.25) is 9.97 Å². The van der Waals surface area contributed by atoms with E-state index in [1.54, 1.807) is 12.4 Å². The Bertz CT molecular complexity index is 423. The maximum absolute atomic E-state index is 5.78. The van der Waals surface area contributed by atoms with Gasteiger partial charge in [-0.15, -0.1) is 0 Å². The van der Waals surface area contributed by atoms with E-state index < -0.39 is 0 Å². The van der Waals surface area contributed by atoms with Crippen LogP contribution in [0.25, 0.3) is 10.9 Å². The molecule has 0 atom stereocenters. The van der Waals surface area contributed by atoms with Crippen molar-refractivity contribution in [3.8, 4) is 0 Å². The molecule has 0 aliphatic rings. The number of pyridine rings is 2. The number of aromatic nitrogens is 2. The second-order valence-corrected chi connectivity index (χ2v) is 2.75. The molecule has 12 heavy (non-hydrogen) atoms. The lowest BCUT2D eigenvalue weighted by atomic mass is 10.2. The van der Waals surface area contributed by atoms with Crippen molar-refractivity contribution in [1.82, 2.24) is 9.97 Å².